The Morgan fingerprint density at radius 1 is 1.00 bits per heavy atom. The van der Waals surface area contributed by atoms with Crippen LogP contribution in [0.1, 0.15) is 17.4 Å². The predicted octanol–water partition coefficient (Wildman–Crippen LogP) is 3.86. The molecule has 0 amide bonds. The van der Waals surface area contributed by atoms with Crippen molar-refractivity contribution < 1.29 is 23.7 Å². The summed E-state index contributed by atoms with van der Waals surface area (Å²) in [4.78, 5) is 0. The first-order valence-corrected chi connectivity index (χ1v) is 10.3. The molecule has 6 atom stereocenters. The maximum Gasteiger partial charge on any atom is 0.184 e. The van der Waals surface area contributed by atoms with E-state index in [1.807, 2.05) is 48.5 Å². The molecular formula is C21H23IO5. The monoisotopic (exact) mass is 482 g/mol. The van der Waals surface area contributed by atoms with Gasteiger partial charge in [0.25, 0.3) is 0 Å². The van der Waals surface area contributed by atoms with Crippen LogP contribution in [-0.4, -0.2) is 42.2 Å². The van der Waals surface area contributed by atoms with Crippen LogP contribution in [0.25, 0.3) is 0 Å². The number of hydrogen-bond donors (Lipinski definition) is 0. The minimum Gasteiger partial charge on any atom is -0.369 e. The highest BCUT2D eigenvalue weighted by Crippen LogP contribution is 2.38. The SMILES string of the molecule is CO[C@H]1O[C@@H]2CO[C@@H](c3ccccc3)O[C@H]2[C@H](OCc2ccccc2)[C@@H]1I. The number of hydrogen-bond acceptors (Lipinski definition) is 5. The minimum atomic E-state index is -0.415. The van der Waals surface area contributed by atoms with Gasteiger partial charge in [-0.2, -0.15) is 0 Å². The van der Waals surface area contributed by atoms with Crippen molar-refractivity contribution in [2.24, 2.45) is 0 Å². The molecule has 2 aromatic carbocycles. The van der Waals surface area contributed by atoms with Crippen molar-refractivity contribution in [3.05, 3.63) is 71.8 Å². The van der Waals surface area contributed by atoms with E-state index in [0.717, 1.165) is 11.1 Å². The highest BCUT2D eigenvalue weighted by molar-refractivity contribution is 14.1. The highest BCUT2D eigenvalue weighted by atomic mass is 127. The summed E-state index contributed by atoms with van der Waals surface area (Å²) in [7, 11) is 1.65. The molecule has 4 rings (SSSR count). The van der Waals surface area contributed by atoms with Crippen LogP contribution < -0.4 is 0 Å². The first-order chi connectivity index (χ1) is 13.3. The lowest BCUT2D eigenvalue weighted by molar-refractivity contribution is -0.335. The largest absolute Gasteiger partial charge is 0.369 e. The van der Waals surface area contributed by atoms with Gasteiger partial charge in [-0.1, -0.05) is 83.3 Å². The zero-order chi connectivity index (χ0) is 18.6. The van der Waals surface area contributed by atoms with Gasteiger partial charge < -0.3 is 23.7 Å². The summed E-state index contributed by atoms with van der Waals surface area (Å²) in [5, 5.41) is 0. The summed E-state index contributed by atoms with van der Waals surface area (Å²) in [6.45, 7) is 0.962. The summed E-state index contributed by atoms with van der Waals surface area (Å²) < 4.78 is 30.1. The third-order valence-electron chi connectivity index (χ3n) is 4.85. The van der Waals surface area contributed by atoms with E-state index >= 15 is 0 Å². The van der Waals surface area contributed by atoms with Crippen molar-refractivity contribution >= 4 is 22.6 Å². The van der Waals surface area contributed by atoms with Gasteiger partial charge in [0.15, 0.2) is 12.6 Å². The van der Waals surface area contributed by atoms with E-state index in [1.165, 1.54) is 0 Å². The summed E-state index contributed by atoms with van der Waals surface area (Å²) in [5.74, 6) is 0. The molecule has 0 aromatic heterocycles. The number of ether oxygens (including phenoxy) is 5. The Kier molecular flexibility index (Phi) is 6.42. The van der Waals surface area contributed by atoms with Crippen molar-refractivity contribution in [3.8, 4) is 0 Å². The van der Waals surface area contributed by atoms with E-state index in [1.54, 1.807) is 7.11 Å². The molecule has 2 aromatic rings. The molecule has 2 aliphatic heterocycles. The molecule has 0 aliphatic carbocycles. The second-order valence-electron chi connectivity index (χ2n) is 6.66. The minimum absolute atomic E-state index is 0.00656. The average molecular weight is 482 g/mol. The molecule has 144 valence electrons. The molecular weight excluding hydrogens is 459 g/mol. The number of benzene rings is 2. The molecule has 2 aliphatic rings. The molecule has 0 unspecified atom stereocenters. The van der Waals surface area contributed by atoms with E-state index in [-0.39, 0.29) is 28.5 Å². The lowest BCUT2D eigenvalue weighted by atomic mass is 9.99. The smallest absolute Gasteiger partial charge is 0.184 e. The molecule has 0 saturated carbocycles. The second-order valence-corrected chi connectivity index (χ2v) is 8.10. The van der Waals surface area contributed by atoms with Crippen LogP contribution in [0.5, 0.6) is 0 Å². The molecule has 2 saturated heterocycles. The standard InChI is InChI=1S/C21H23IO5/c1-23-21-17(22)19(24-12-14-8-4-2-5-9-14)18-16(26-21)13-25-20(27-18)15-10-6-3-7-11-15/h2-11,16-21H,12-13H2,1H3/t16-,17+,18-,19-,20-,21+/m1/s1. The van der Waals surface area contributed by atoms with Gasteiger partial charge in [0, 0.05) is 12.7 Å². The fourth-order valence-corrected chi connectivity index (χ4v) is 4.54. The molecule has 5 nitrogen and oxygen atoms in total. The van der Waals surface area contributed by atoms with Crippen LogP contribution in [0, 0.1) is 0 Å². The molecule has 27 heavy (non-hydrogen) atoms. The summed E-state index contributed by atoms with van der Waals surface area (Å²) >= 11 is 2.34. The Hall–Kier alpha value is -1.03. The van der Waals surface area contributed by atoms with Crippen molar-refractivity contribution in [1.29, 1.82) is 0 Å². The normalized spacial score (nSPS) is 33.4. The molecule has 0 N–H and O–H groups in total. The van der Waals surface area contributed by atoms with E-state index in [2.05, 4.69) is 34.7 Å². The topological polar surface area (TPSA) is 46.2 Å². The summed E-state index contributed by atoms with van der Waals surface area (Å²) in [5.41, 5.74) is 2.13. The third-order valence-corrected chi connectivity index (χ3v) is 6.15. The number of rotatable bonds is 5. The second kappa shape index (κ2) is 8.98. The van der Waals surface area contributed by atoms with Crippen molar-refractivity contribution in [2.45, 2.75) is 41.4 Å². The molecule has 0 spiro atoms. The van der Waals surface area contributed by atoms with E-state index in [4.69, 9.17) is 23.7 Å². The van der Waals surface area contributed by atoms with Gasteiger partial charge in [-0.15, -0.1) is 0 Å². The van der Waals surface area contributed by atoms with Gasteiger partial charge in [0.05, 0.1) is 17.1 Å². The van der Waals surface area contributed by atoms with Crippen LogP contribution in [0.4, 0.5) is 0 Å². The lowest BCUT2D eigenvalue weighted by Gasteiger charge is -2.47. The quantitative estimate of drug-likeness (QED) is 0.479. The fraction of sp³-hybridized carbons (Fsp3) is 0.429. The number of halogens is 1. The Morgan fingerprint density at radius 3 is 2.41 bits per heavy atom. The van der Waals surface area contributed by atoms with E-state index < -0.39 is 6.29 Å². The third kappa shape index (κ3) is 4.36. The first-order valence-electron chi connectivity index (χ1n) is 9.06. The van der Waals surface area contributed by atoms with Crippen molar-refractivity contribution in [1.82, 2.24) is 0 Å². The van der Waals surface area contributed by atoms with Crippen molar-refractivity contribution in [3.63, 3.8) is 0 Å². The predicted molar refractivity (Wildman–Crippen MR) is 109 cm³/mol. The Morgan fingerprint density at radius 2 is 1.70 bits per heavy atom. The van der Waals surface area contributed by atoms with E-state index in [0.29, 0.717) is 13.2 Å². The van der Waals surface area contributed by atoms with Gasteiger partial charge in [0.2, 0.25) is 0 Å². The summed E-state index contributed by atoms with van der Waals surface area (Å²) in [6, 6.07) is 20.1. The Labute approximate surface area is 173 Å². The van der Waals surface area contributed by atoms with Gasteiger partial charge in [-0.25, -0.2) is 0 Å². The molecule has 6 heteroatoms. The van der Waals surface area contributed by atoms with Crippen LogP contribution >= 0.6 is 22.6 Å². The van der Waals surface area contributed by atoms with Gasteiger partial charge in [-0.3, -0.25) is 0 Å². The fourth-order valence-electron chi connectivity index (χ4n) is 3.46. The van der Waals surface area contributed by atoms with Crippen LogP contribution in [0.15, 0.2) is 60.7 Å². The zero-order valence-electron chi connectivity index (χ0n) is 15.1. The summed E-state index contributed by atoms with van der Waals surface area (Å²) in [6.07, 6.45) is -1.37. The lowest BCUT2D eigenvalue weighted by Crippen LogP contribution is -2.61. The van der Waals surface area contributed by atoms with Crippen molar-refractivity contribution in [2.75, 3.05) is 13.7 Å². The van der Waals surface area contributed by atoms with Crippen LogP contribution in [-0.2, 0) is 30.3 Å². The maximum atomic E-state index is 6.32. The van der Waals surface area contributed by atoms with E-state index in [9.17, 15) is 0 Å². The molecule has 0 radical (unpaired) electrons. The number of fused-ring (bicyclic) bond motifs is 1. The molecule has 2 fully saturated rings. The molecule has 2 heterocycles. The van der Waals surface area contributed by atoms with Crippen LogP contribution in [0.2, 0.25) is 0 Å². The van der Waals surface area contributed by atoms with Gasteiger partial charge >= 0.3 is 0 Å². The maximum absolute atomic E-state index is 6.32. The Balaban J connectivity index is 1.51. The van der Waals surface area contributed by atoms with Crippen LogP contribution in [0.3, 0.4) is 0 Å². The van der Waals surface area contributed by atoms with Gasteiger partial charge in [-0.05, 0) is 5.56 Å². The van der Waals surface area contributed by atoms with Gasteiger partial charge in [0.1, 0.15) is 18.3 Å². The zero-order valence-corrected chi connectivity index (χ0v) is 17.2. The number of alkyl halides is 1. The number of methoxy groups -OCH3 is 1. The Bertz CT molecular complexity index is 713. The molecule has 0 bridgehead atoms. The highest BCUT2D eigenvalue weighted by Gasteiger charge is 2.50. The average Bonchev–Trinajstić information content (AvgIpc) is 2.74. The first kappa shape index (κ1) is 19.3.